The van der Waals surface area contributed by atoms with E-state index in [1.807, 2.05) is 24.3 Å². The average molecular weight is 488 g/mol. The number of aromatic nitrogens is 1. The van der Waals surface area contributed by atoms with Gasteiger partial charge >= 0.3 is 5.97 Å². The number of nitrogens with zero attached hydrogens (tertiary/aromatic N) is 2. The Morgan fingerprint density at radius 3 is 2.55 bits per heavy atom. The van der Waals surface area contributed by atoms with E-state index in [0.717, 1.165) is 34.5 Å². The Bertz CT molecular complexity index is 1220. The van der Waals surface area contributed by atoms with Crippen LogP contribution in [-0.2, 0) is 26.0 Å². The van der Waals surface area contributed by atoms with Crippen molar-refractivity contribution in [3.8, 4) is 0 Å². The predicted octanol–water partition coefficient (Wildman–Crippen LogP) is 2.99. The number of thiazole rings is 1. The van der Waals surface area contributed by atoms with Gasteiger partial charge in [-0.15, -0.1) is 11.3 Å². The number of para-hydroxylation sites is 1. The number of sulfonamides is 1. The Hall–Kier alpha value is -2.82. The molecule has 0 radical (unpaired) electrons. The molecule has 0 unspecified atom stereocenters. The molecule has 1 amide bonds. The topological polar surface area (TPSA) is 106 Å². The highest BCUT2D eigenvalue weighted by Gasteiger charge is 2.30. The standard InChI is InChI=1S/C23H25N3O5S2/c27-21(24-13-12-22-25-18-9-3-4-10-19(18)32-22)16-31-23(28)17-8-2-5-11-20(17)33(29,30)26-14-6-1-7-15-26/h2-5,8-11H,1,6-7,12-16H2,(H,24,27). The Kier molecular flexibility index (Phi) is 7.36. The highest BCUT2D eigenvalue weighted by atomic mass is 32.2. The highest BCUT2D eigenvalue weighted by molar-refractivity contribution is 7.89. The molecule has 1 aliphatic heterocycles. The van der Waals surface area contributed by atoms with E-state index in [1.165, 1.54) is 16.4 Å². The zero-order valence-electron chi connectivity index (χ0n) is 18.0. The van der Waals surface area contributed by atoms with Crippen LogP contribution in [0.25, 0.3) is 10.2 Å². The monoisotopic (exact) mass is 487 g/mol. The molecule has 174 valence electrons. The van der Waals surface area contributed by atoms with Crippen LogP contribution in [0.2, 0.25) is 0 Å². The SMILES string of the molecule is O=C(COC(=O)c1ccccc1S(=O)(=O)N1CCCCC1)NCCc1nc2ccccc2s1. The molecular weight excluding hydrogens is 462 g/mol. The van der Waals surface area contributed by atoms with Crippen molar-refractivity contribution in [1.82, 2.24) is 14.6 Å². The highest BCUT2D eigenvalue weighted by Crippen LogP contribution is 2.24. The quantitative estimate of drug-likeness (QED) is 0.490. The molecule has 0 spiro atoms. The summed E-state index contributed by atoms with van der Waals surface area (Å²) in [6, 6.07) is 13.8. The summed E-state index contributed by atoms with van der Waals surface area (Å²) in [7, 11) is -3.81. The van der Waals surface area contributed by atoms with Gasteiger partial charge in [-0.2, -0.15) is 4.31 Å². The fourth-order valence-corrected chi connectivity index (χ4v) is 6.36. The van der Waals surface area contributed by atoms with Gasteiger partial charge in [0.2, 0.25) is 10.0 Å². The van der Waals surface area contributed by atoms with Gasteiger partial charge < -0.3 is 10.1 Å². The first-order valence-corrected chi connectivity index (χ1v) is 13.1. The number of carbonyl (C=O) groups is 2. The minimum absolute atomic E-state index is 0.0645. The molecule has 0 atom stereocenters. The molecule has 4 rings (SSSR count). The van der Waals surface area contributed by atoms with Gasteiger partial charge in [-0.05, 0) is 37.1 Å². The van der Waals surface area contributed by atoms with E-state index in [2.05, 4.69) is 10.3 Å². The molecule has 1 aliphatic rings. The number of benzene rings is 2. The smallest absolute Gasteiger partial charge is 0.340 e. The second-order valence-electron chi connectivity index (χ2n) is 7.71. The lowest BCUT2D eigenvalue weighted by Gasteiger charge is -2.26. The number of nitrogens with one attached hydrogen (secondary N) is 1. The molecule has 33 heavy (non-hydrogen) atoms. The summed E-state index contributed by atoms with van der Waals surface area (Å²) in [6.45, 7) is 0.735. The zero-order chi connectivity index (χ0) is 23.3. The third kappa shape index (κ3) is 5.58. The summed E-state index contributed by atoms with van der Waals surface area (Å²) in [5, 5.41) is 3.61. The molecule has 1 aromatic heterocycles. The summed E-state index contributed by atoms with van der Waals surface area (Å²) >= 11 is 1.57. The van der Waals surface area contributed by atoms with Gasteiger partial charge in [0.25, 0.3) is 5.91 Å². The summed E-state index contributed by atoms with van der Waals surface area (Å²) in [6.07, 6.45) is 3.14. The number of hydrogen-bond acceptors (Lipinski definition) is 7. The molecule has 2 aromatic carbocycles. The first-order valence-electron chi connectivity index (χ1n) is 10.8. The minimum atomic E-state index is -3.81. The lowest BCUT2D eigenvalue weighted by Crippen LogP contribution is -2.36. The van der Waals surface area contributed by atoms with Crippen molar-refractivity contribution in [3.05, 3.63) is 59.1 Å². The van der Waals surface area contributed by atoms with Crippen molar-refractivity contribution in [2.24, 2.45) is 0 Å². The first-order chi connectivity index (χ1) is 15.9. The van der Waals surface area contributed by atoms with Crippen molar-refractivity contribution >= 4 is 43.5 Å². The van der Waals surface area contributed by atoms with Crippen molar-refractivity contribution in [1.29, 1.82) is 0 Å². The number of hydrogen-bond donors (Lipinski definition) is 1. The van der Waals surface area contributed by atoms with E-state index in [4.69, 9.17) is 4.74 Å². The zero-order valence-corrected chi connectivity index (χ0v) is 19.7. The number of amides is 1. The fourth-order valence-electron chi connectivity index (χ4n) is 3.70. The van der Waals surface area contributed by atoms with Crippen LogP contribution >= 0.6 is 11.3 Å². The Balaban J connectivity index is 1.31. The molecule has 0 aliphatic carbocycles. The third-order valence-electron chi connectivity index (χ3n) is 5.37. The van der Waals surface area contributed by atoms with Crippen molar-refractivity contribution in [2.45, 2.75) is 30.6 Å². The van der Waals surface area contributed by atoms with E-state index >= 15 is 0 Å². The Labute approximate surface area is 196 Å². The molecule has 0 saturated carbocycles. The number of esters is 1. The molecular formula is C23H25N3O5S2. The average Bonchev–Trinajstić information content (AvgIpc) is 3.26. The van der Waals surface area contributed by atoms with Gasteiger partial charge in [0, 0.05) is 26.1 Å². The number of carbonyl (C=O) groups excluding carboxylic acids is 2. The molecule has 0 bridgehead atoms. The second-order valence-corrected chi connectivity index (χ2v) is 10.7. The van der Waals surface area contributed by atoms with Crippen LogP contribution in [0.5, 0.6) is 0 Å². The Morgan fingerprint density at radius 2 is 1.76 bits per heavy atom. The number of fused-ring (bicyclic) bond motifs is 1. The van der Waals surface area contributed by atoms with Crippen LogP contribution in [-0.4, -0.2) is 55.8 Å². The second kappa shape index (κ2) is 10.4. The third-order valence-corrected chi connectivity index (χ3v) is 8.43. The number of rotatable bonds is 8. The molecule has 1 fully saturated rings. The molecule has 10 heteroatoms. The van der Waals surface area contributed by atoms with Crippen LogP contribution in [0, 0.1) is 0 Å². The maximum Gasteiger partial charge on any atom is 0.340 e. The van der Waals surface area contributed by atoms with E-state index in [-0.39, 0.29) is 10.5 Å². The van der Waals surface area contributed by atoms with Gasteiger partial charge in [-0.1, -0.05) is 30.7 Å². The first kappa shape index (κ1) is 23.3. The Morgan fingerprint density at radius 1 is 1.03 bits per heavy atom. The minimum Gasteiger partial charge on any atom is -0.452 e. The van der Waals surface area contributed by atoms with E-state index in [9.17, 15) is 18.0 Å². The van der Waals surface area contributed by atoms with Crippen LogP contribution < -0.4 is 5.32 Å². The van der Waals surface area contributed by atoms with Crippen LogP contribution in [0.3, 0.4) is 0 Å². The maximum absolute atomic E-state index is 13.0. The van der Waals surface area contributed by atoms with E-state index < -0.39 is 28.5 Å². The van der Waals surface area contributed by atoms with E-state index in [0.29, 0.717) is 26.1 Å². The fraction of sp³-hybridized carbons (Fsp3) is 0.348. The van der Waals surface area contributed by atoms with Crippen molar-refractivity contribution in [3.63, 3.8) is 0 Å². The van der Waals surface area contributed by atoms with Gasteiger partial charge in [0.1, 0.15) is 0 Å². The summed E-state index contributed by atoms with van der Waals surface area (Å²) < 4.78 is 33.7. The normalized spacial score (nSPS) is 14.8. The van der Waals surface area contributed by atoms with Crippen molar-refractivity contribution < 1.29 is 22.7 Å². The van der Waals surface area contributed by atoms with Crippen LogP contribution in [0.15, 0.2) is 53.4 Å². The number of ether oxygens (including phenoxy) is 1. The summed E-state index contributed by atoms with van der Waals surface area (Å²) in [4.78, 5) is 29.2. The molecule has 8 nitrogen and oxygen atoms in total. The largest absolute Gasteiger partial charge is 0.452 e. The van der Waals surface area contributed by atoms with E-state index in [1.54, 1.807) is 23.5 Å². The van der Waals surface area contributed by atoms with Crippen LogP contribution in [0.4, 0.5) is 0 Å². The maximum atomic E-state index is 13.0. The number of piperidine rings is 1. The van der Waals surface area contributed by atoms with Gasteiger partial charge in [-0.25, -0.2) is 18.2 Å². The molecule has 1 saturated heterocycles. The van der Waals surface area contributed by atoms with Gasteiger partial charge in [-0.3, -0.25) is 4.79 Å². The lowest BCUT2D eigenvalue weighted by atomic mass is 10.2. The summed E-state index contributed by atoms with van der Waals surface area (Å²) in [5.74, 6) is -1.30. The van der Waals surface area contributed by atoms with Gasteiger partial charge in [0.05, 0.1) is 25.7 Å². The lowest BCUT2D eigenvalue weighted by molar-refractivity contribution is -0.124. The van der Waals surface area contributed by atoms with Gasteiger partial charge in [0.15, 0.2) is 6.61 Å². The van der Waals surface area contributed by atoms with Crippen molar-refractivity contribution in [2.75, 3.05) is 26.2 Å². The summed E-state index contributed by atoms with van der Waals surface area (Å²) in [5.41, 5.74) is 0.862. The molecule has 1 N–H and O–H groups in total. The predicted molar refractivity (Wildman–Crippen MR) is 126 cm³/mol. The van der Waals surface area contributed by atoms with Crippen LogP contribution in [0.1, 0.15) is 34.6 Å². The molecule has 3 aromatic rings. The molecule has 2 heterocycles.